The summed E-state index contributed by atoms with van der Waals surface area (Å²) in [6, 6.07) is 4.49. The molecule has 26 heavy (non-hydrogen) atoms. The average Bonchev–Trinajstić information content (AvgIpc) is 2.64. The van der Waals surface area contributed by atoms with Gasteiger partial charge in [-0.2, -0.15) is 0 Å². The summed E-state index contributed by atoms with van der Waals surface area (Å²) in [5.41, 5.74) is 1.14. The van der Waals surface area contributed by atoms with E-state index >= 15 is 0 Å². The number of nitrogens with zero attached hydrogens (tertiary/aromatic N) is 2. The SMILES string of the molecule is CNC(=O)c1ccc(OC2CCC3(CC2)CCN(C2CCC2)CC3)nc1. The van der Waals surface area contributed by atoms with Crippen molar-refractivity contribution in [2.75, 3.05) is 20.1 Å². The van der Waals surface area contributed by atoms with E-state index in [4.69, 9.17) is 4.74 Å². The minimum absolute atomic E-state index is 0.114. The van der Waals surface area contributed by atoms with E-state index in [2.05, 4.69) is 15.2 Å². The Balaban J connectivity index is 1.25. The minimum Gasteiger partial charge on any atom is -0.474 e. The fourth-order valence-electron chi connectivity index (χ4n) is 4.84. The number of amides is 1. The highest BCUT2D eigenvalue weighted by molar-refractivity contribution is 5.93. The van der Waals surface area contributed by atoms with Gasteiger partial charge < -0.3 is 15.0 Å². The van der Waals surface area contributed by atoms with Gasteiger partial charge in [-0.25, -0.2) is 4.98 Å². The molecule has 3 aliphatic rings. The molecule has 1 amide bonds. The Labute approximate surface area is 156 Å². The molecule has 1 aromatic rings. The van der Waals surface area contributed by atoms with E-state index in [1.165, 1.54) is 58.0 Å². The number of rotatable bonds is 4. The van der Waals surface area contributed by atoms with Crippen molar-refractivity contribution in [2.45, 2.75) is 69.9 Å². The molecule has 1 saturated heterocycles. The fourth-order valence-corrected chi connectivity index (χ4v) is 4.84. The Kier molecular flexibility index (Phi) is 5.16. The summed E-state index contributed by atoms with van der Waals surface area (Å²) in [6.45, 7) is 2.61. The molecule has 1 spiro atoms. The van der Waals surface area contributed by atoms with Crippen molar-refractivity contribution in [3.63, 3.8) is 0 Å². The van der Waals surface area contributed by atoms with Crippen molar-refractivity contribution in [1.29, 1.82) is 0 Å². The molecule has 0 radical (unpaired) electrons. The van der Waals surface area contributed by atoms with Gasteiger partial charge in [-0.1, -0.05) is 6.42 Å². The van der Waals surface area contributed by atoms with Gasteiger partial charge in [0.05, 0.1) is 5.56 Å². The third kappa shape index (κ3) is 3.73. The standard InChI is InChI=1S/C21H31N3O2/c1-22-20(25)16-5-6-19(23-15-16)26-18-7-9-21(10-8-18)11-13-24(14-12-21)17-3-2-4-17/h5-6,15,17-18H,2-4,7-14H2,1H3,(H,22,25). The van der Waals surface area contributed by atoms with Crippen LogP contribution in [0.3, 0.4) is 0 Å². The van der Waals surface area contributed by atoms with Crippen LogP contribution in [-0.2, 0) is 0 Å². The van der Waals surface area contributed by atoms with Crippen LogP contribution in [0.15, 0.2) is 18.3 Å². The van der Waals surface area contributed by atoms with E-state index < -0.39 is 0 Å². The molecule has 2 heterocycles. The van der Waals surface area contributed by atoms with E-state index in [0.29, 0.717) is 16.9 Å². The van der Waals surface area contributed by atoms with Crippen LogP contribution >= 0.6 is 0 Å². The predicted molar refractivity (Wildman–Crippen MR) is 101 cm³/mol. The number of likely N-dealkylation sites (tertiary alicyclic amines) is 1. The topological polar surface area (TPSA) is 54.5 Å². The van der Waals surface area contributed by atoms with Crippen molar-refractivity contribution in [2.24, 2.45) is 5.41 Å². The van der Waals surface area contributed by atoms with Crippen molar-refractivity contribution < 1.29 is 9.53 Å². The van der Waals surface area contributed by atoms with Crippen LogP contribution in [0.25, 0.3) is 0 Å². The maximum atomic E-state index is 11.6. The molecule has 5 nitrogen and oxygen atoms in total. The second-order valence-electron chi connectivity index (χ2n) is 8.40. The third-order valence-corrected chi connectivity index (χ3v) is 6.96. The van der Waals surface area contributed by atoms with E-state index in [1.54, 1.807) is 19.3 Å². The van der Waals surface area contributed by atoms with E-state index in [9.17, 15) is 4.79 Å². The van der Waals surface area contributed by atoms with Crippen LogP contribution < -0.4 is 10.1 Å². The van der Waals surface area contributed by atoms with Gasteiger partial charge in [0.15, 0.2) is 0 Å². The predicted octanol–water partition coefficient (Wildman–Crippen LogP) is 3.40. The molecular weight excluding hydrogens is 326 g/mol. The van der Waals surface area contributed by atoms with E-state index in [-0.39, 0.29) is 12.0 Å². The van der Waals surface area contributed by atoms with Crippen LogP contribution in [0.2, 0.25) is 0 Å². The molecule has 0 atom stereocenters. The van der Waals surface area contributed by atoms with Crippen LogP contribution in [-0.4, -0.2) is 48.1 Å². The van der Waals surface area contributed by atoms with Gasteiger partial charge in [-0.3, -0.25) is 4.79 Å². The lowest BCUT2D eigenvalue weighted by atomic mass is 9.67. The molecule has 1 aliphatic heterocycles. The van der Waals surface area contributed by atoms with Crippen molar-refractivity contribution in [3.8, 4) is 5.88 Å². The van der Waals surface area contributed by atoms with Crippen LogP contribution in [0.5, 0.6) is 5.88 Å². The van der Waals surface area contributed by atoms with Gasteiger partial charge in [0.1, 0.15) is 6.10 Å². The Hall–Kier alpha value is -1.62. The summed E-state index contributed by atoms with van der Waals surface area (Å²) in [5, 5.41) is 2.61. The molecule has 1 N–H and O–H groups in total. The Bertz CT molecular complexity index is 609. The molecular formula is C21H31N3O2. The van der Waals surface area contributed by atoms with Crippen LogP contribution in [0, 0.1) is 5.41 Å². The number of nitrogens with one attached hydrogen (secondary N) is 1. The lowest BCUT2D eigenvalue weighted by Crippen LogP contribution is -2.49. The molecule has 4 rings (SSSR count). The summed E-state index contributed by atoms with van der Waals surface area (Å²) in [7, 11) is 1.63. The number of aromatic nitrogens is 1. The number of pyridine rings is 1. The first-order valence-corrected chi connectivity index (χ1v) is 10.3. The Morgan fingerprint density at radius 2 is 1.88 bits per heavy atom. The largest absolute Gasteiger partial charge is 0.474 e. The number of carbonyl (C=O) groups is 1. The van der Waals surface area contributed by atoms with Gasteiger partial charge in [0.25, 0.3) is 5.91 Å². The second kappa shape index (κ2) is 7.55. The third-order valence-electron chi connectivity index (χ3n) is 6.96. The van der Waals surface area contributed by atoms with Crippen molar-refractivity contribution >= 4 is 5.91 Å². The number of ether oxygens (including phenoxy) is 1. The molecule has 5 heteroatoms. The van der Waals surface area contributed by atoms with Gasteiger partial charge in [0.2, 0.25) is 5.88 Å². The first-order valence-electron chi connectivity index (χ1n) is 10.3. The van der Waals surface area contributed by atoms with E-state index in [0.717, 1.165) is 18.9 Å². The average molecular weight is 357 g/mol. The lowest BCUT2D eigenvalue weighted by Gasteiger charge is -2.49. The normalized spacial score (nSPS) is 24.2. The zero-order valence-corrected chi connectivity index (χ0v) is 15.9. The summed E-state index contributed by atoms with van der Waals surface area (Å²) in [6.07, 6.45) is 13.7. The molecule has 3 fully saturated rings. The second-order valence-corrected chi connectivity index (χ2v) is 8.40. The number of hydrogen-bond donors (Lipinski definition) is 1. The monoisotopic (exact) mass is 357 g/mol. The van der Waals surface area contributed by atoms with Crippen LogP contribution in [0.1, 0.15) is 68.1 Å². The Morgan fingerprint density at radius 3 is 2.42 bits per heavy atom. The van der Waals surface area contributed by atoms with Crippen LogP contribution in [0.4, 0.5) is 0 Å². The Morgan fingerprint density at radius 1 is 1.15 bits per heavy atom. The number of carbonyl (C=O) groups excluding carboxylic acids is 1. The maximum Gasteiger partial charge on any atom is 0.252 e. The maximum absolute atomic E-state index is 11.6. The summed E-state index contributed by atoms with van der Waals surface area (Å²) in [5.74, 6) is 0.523. The minimum atomic E-state index is -0.114. The quantitative estimate of drug-likeness (QED) is 0.897. The highest BCUT2D eigenvalue weighted by atomic mass is 16.5. The van der Waals surface area contributed by atoms with Gasteiger partial charge in [-0.05, 0) is 75.9 Å². The molecule has 1 aromatic heterocycles. The molecule has 0 bridgehead atoms. The number of hydrogen-bond acceptors (Lipinski definition) is 4. The highest BCUT2D eigenvalue weighted by Crippen LogP contribution is 2.46. The number of piperidine rings is 1. The molecule has 142 valence electrons. The molecule has 0 aromatic carbocycles. The summed E-state index contributed by atoms with van der Waals surface area (Å²) < 4.78 is 6.09. The zero-order valence-electron chi connectivity index (χ0n) is 15.9. The molecule has 2 aliphatic carbocycles. The first-order chi connectivity index (χ1) is 12.7. The zero-order chi connectivity index (χ0) is 18.0. The first kappa shape index (κ1) is 17.8. The molecule has 2 saturated carbocycles. The highest BCUT2D eigenvalue weighted by Gasteiger charge is 2.40. The van der Waals surface area contributed by atoms with Gasteiger partial charge in [-0.15, -0.1) is 0 Å². The fraction of sp³-hybridized carbons (Fsp3) is 0.714. The van der Waals surface area contributed by atoms with Crippen molar-refractivity contribution in [3.05, 3.63) is 23.9 Å². The van der Waals surface area contributed by atoms with Gasteiger partial charge >= 0.3 is 0 Å². The van der Waals surface area contributed by atoms with Gasteiger partial charge in [0, 0.05) is 25.4 Å². The summed E-state index contributed by atoms with van der Waals surface area (Å²) >= 11 is 0. The molecule has 0 unspecified atom stereocenters. The summed E-state index contributed by atoms with van der Waals surface area (Å²) in [4.78, 5) is 18.6. The van der Waals surface area contributed by atoms with Crippen molar-refractivity contribution in [1.82, 2.24) is 15.2 Å². The smallest absolute Gasteiger partial charge is 0.252 e. The van der Waals surface area contributed by atoms with E-state index in [1.807, 2.05) is 6.07 Å². The lowest BCUT2D eigenvalue weighted by molar-refractivity contribution is -0.000126.